The number of hydrogen-bond acceptors (Lipinski definition) is 5. The van der Waals surface area contributed by atoms with Gasteiger partial charge in [0.05, 0.1) is 0 Å². The van der Waals surface area contributed by atoms with Gasteiger partial charge in [-0.05, 0) is 25.0 Å². The summed E-state index contributed by atoms with van der Waals surface area (Å²) in [4.78, 5) is 14.2. The van der Waals surface area contributed by atoms with Crippen LogP contribution >= 0.6 is 0 Å². The van der Waals surface area contributed by atoms with Crippen molar-refractivity contribution in [2.75, 3.05) is 13.2 Å². The van der Waals surface area contributed by atoms with Crippen molar-refractivity contribution >= 4 is 6.08 Å². The Morgan fingerprint density at radius 1 is 1.29 bits per heavy atom. The molecule has 5 heteroatoms. The second-order valence-electron chi connectivity index (χ2n) is 4.22. The Hall–Kier alpha value is -2.00. The second-order valence-corrected chi connectivity index (χ2v) is 4.22. The average molecular weight is 233 g/mol. The van der Waals surface area contributed by atoms with Crippen LogP contribution in [0.15, 0.2) is 17.1 Å². The normalized spacial score (nSPS) is 19.3. The van der Waals surface area contributed by atoms with Crippen LogP contribution in [0, 0.1) is 0 Å². The van der Waals surface area contributed by atoms with Gasteiger partial charge in [0, 0.05) is 5.56 Å². The third-order valence-electron chi connectivity index (χ3n) is 3.17. The van der Waals surface area contributed by atoms with Gasteiger partial charge in [-0.25, -0.2) is 4.79 Å². The molecule has 0 bridgehead atoms. The Kier molecular flexibility index (Phi) is 2.09. The molecule has 0 radical (unpaired) electrons. The molecule has 1 fully saturated rings. The first-order chi connectivity index (χ1) is 8.27. The van der Waals surface area contributed by atoms with Gasteiger partial charge < -0.3 is 14.6 Å². The average Bonchev–Trinajstić information content (AvgIpc) is 3.11. The summed E-state index contributed by atoms with van der Waals surface area (Å²) in [6.45, 7) is 0.886. The molecule has 1 N–H and O–H groups in total. The highest BCUT2D eigenvalue weighted by Crippen LogP contribution is 2.55. The van der Waals surface area contributed by atoms with Crippen LogP contribution in [0.5, 0.6) is 17.2 Å². The number of carbonyl (C=O) groups excluding carboxylic acids is 1. The number of rotatable bonds is 2. The van der Waals surface area contributed by atoms with Crippen LogP contribution in [0.1, 0.15) is 18.4 Å². The number of phenolic OH excluding ortho intramolecular Hbond substituents is 1. The maximum Gasteiger partial charge on any atom is 0.235 e. The van der Waals surface area contributed by atoms with Gasteiger partial charge in [-0.3, -0.25) is 0 Å². The zero-order chi connectivity index (χ0) is 11.9. The van der Waals surface area contributed by atoms with Crippen molar-refractivity contribution < 1.29 is 19.4 Å². The molecule has 88 valence electrons. The maximum absolute atomic E-state index is 10.4. The monoisotopic (exact) mass is 233 g/mol. The summed E-state index contributed by atoms with van der Waals surface area (Å²) in [7, 11) is 0. The molecule has 2 aliphatic rings. The van der Waals surface area contributed by atoms with Crippen LogP contribution < -0.4 is 9.47 Å². The predicted molar refractivity (Wildman–Crippen MR) is 58.1 cm³/mol. The smallest absolute Gasteiger partial charge is 0.235 e. The topological polar surface area (TPSA) is 68.1 Å². The van der Waals surface area contributed by atoms with Gasteiger partial charge in [0.1, 0.15) is 18.8 Å². The van der Waals surface area contributed by atoms with Crippen molar-refractivity contribution in [2.45, 2.75) is 18.4 Å². The minimum Gasteiger partial charge on any atom is -0.504 e. The lowest BCUT2D eigenvalue weighted by atomic mass is 10.0. The number of fused-ring (bicyclic) bond motifs is 1. The lowest BCUT2D eigenvalue weighted by molar-refractivity contribution is 0.165. The highest BCUT2D eigenvalue weighted by atomic mass is 16.6. The minimum absolute atomic E-state index is 0.0266. The number of benzene rings is 1. The van der Waals surface area contributed by atoms with Gasteiger partial charge in [0.2, 0.25) is 11.8 Å². The number of ether oxygens (including phenoxy) is 2. The molecule has 3 rings (SSSR count). The summed E-state index contributed by atoms with van der Waals surface area (Å²) in [5, 5.41) is 10.1. The van der Waals surface area contributed by atoms with Crippen LogP contribution in [0.4, 0.5) is 0 Å². The van der Waals surface area contributed by atoms with Crippen molar-refractivity contribution in [3.8, 4) is 17.2 Å². The number of aromatic hydroxyl groups is 1. The Morgan fingerprint density at radius 3 is 2.76 bits per heavy atom. The van der Waals surface area contributed by atoms with Crippen LogP contribution in [-0.2, 0) is 10.3 Å². The van der Waals surface area contributed by atoms with E-state index < -0.39 is 5.54 Å². The summed E-state index contributed by atoms with van der Waals surface area (Å²) < 4.78 is 10.7. The van der Waals surface area contributed by atoms with E-state index in [1.165, 1.54) is 0 Å². The Balaban J connectivity index is 2.10. The molecule has 5 nitrogen and oxygen atoms in total. The van der Waals surface area contributed by atoms with E-state index in [9.17, 15) is 9.90 Å². The second kappa shape index (κ2) is 3.50. The SMILES string of the molecule is O=C=NC1(c2ccc3c(c2O)OCCO3)CC1. The zero-order valence-corrected chi connectivity index (χ0v) is 9.10. The van der Waals surface area contributed by atoms with E-state index >= 15 is 0 Å². The van der Waals surface area contributed by atoms with Crippen molar-refractivity contribution in [1.29, 1.82) is 0 Å². The van der Waals surface area contributed by atoms with Crippen LogP contribution in [0.3, 0.4) is 0 Å². The van der Waals surface area contributed by atoms with Crippen LogP contribution in [0.25, 0.3) is 0 Å². The fourth-order valence-corrected chi connectivity index (χ4v) is 2.12. The molecular weight excluding hydrogens is 222 g/mol. The van der Waals surface area contributed by atoms with Gasteiger partial charge in [-0.15, -0.1) is 0 Å². The minimum atomic E-state index is -0.596. The summed E-state index contributed by atoms with van der Waals surface area (Å²) in [5.74, 6) is 0.906. The van der Waals surface area contributed by atoms with Crippen molar-refractivity contribution in [2.24, 2.45) is 4.99 Å². The third-order valence-corrected chi connectivity index (χ3v) is 3.17. The van der Waals surface area contributed by atoms with Gasteiger partial charge in [-0.1, -0.05) is 0 Å². The van der Waals surface area contributed by atoms with Crippen molar-refractivity contribution in [3.63, 3.8) is 0 Å². The molecule has 1 saturated carbocycles. The van der Waals surface area contributed by atoms with Gasteiger partial charge in [0.25, 0.3) is 0 Å². The van der Waals surface area contributed by atoms with Crippen molar-refractivity contribution in [1.82, 2.24) is 0 Å². The lowest BCUT2D eigenvalue weighted by Crippen LogP contribution is -2.16. The molecule has 0 saturated heterocycles. The Morgan fingerprint density at radius 2 is 2.06 bits per heavy atom. The predicted octanol–water partition coefficient (Wildman–Crippen LogP) is 1.49. The number of hydrogen-bond donors (Lipinski definition) is 1. The first-order valence-corrected chi connectivity index (χ1v) is 5.48. The molecule has 17 heavy (non-hydrogen) atoms. The highest BCUT2D eigenvalue weighted by Gasteiger charge is 2.47. The molecule has 0 aromatic heterocycles. The fraction of sp³-hybridized carbons (Fsp3) is 0.417. The van der Waals surface area contributed by atoms with E-state index in [-0.39, 0.29) is 5.75 Å². The molecule has 1 aromatic carbocycles. The Bertz CT molecular complexity index is 515. The summed E-state index contributed by atoms with van der Waals surface area (Å²) in [6.07, 6.45) is 3.06. The molecule has 0 amide bonds. The molecule has 0 unspecified atom stereocenters. The first-order valence-electron chi connectivity index (χ1n) is 5.48. The fourth-order valence-electron chi connectivity index (χ4n) is 2.12. The van der Waals surface area contributed by atoms with E-state index in [1.54, 1.807) is 18.2 Å². The van der Waals surface area contributed by atoms with E-state index in [1.807, 2.05) is 0 Å². The third kappa shape index (κ3) is 1.47. The molecule has 1 heterocycles. The number of aliphatic imine (C=N–C) groups is 1. The zero-order valence-electron chi connectivity index (χ0n) is 9.10. The van der Waals surface area contributed by atoms with Crippen LogP contribution in [0.2, 0.25) is 0 Å². The number of nitrogens with zero attached hydrogens (tertiary/aromatic N) is 1. The molecule has 0 atom stereocenters. The van der Waals surface area contributed by atoms with Gasteiger partial charge in [0.15, 0.2) is 11.5 Å². The maximum atomic E-state index is 10.4. The van der Waals surface area contributed by atoms with E-state index in [0.717, 1.165) is 12.8 Å². The molecule has 1 aliphatic carbocycles. The Labute approximate surface area is 97.7 Å². The molecule has 1 aliphatic heterocycles. The van der Waals surface area contributed by atoms with Gasteiger partial charge >= 0.3 is 0 Å². The largest absolute Gasteiger partial charge is 0.504 e. The summed E-state index contributed by atoms with van der Waals surface area (Å²) in [6, 6.07) is 3.47. The molecular formula is C12H11NO4. The summed E-state index contributed by atoms with van der Waals surface area (Å²) >= 11 is 0. The summed E-state index contributed by atoms with van der Waals surface area (Å²) in [5.41, 5.74) is 0.0203. The molecule has 1 aromatic rings. The van der Waals surface area contributed by atoms with E-state index in [2.05, 4.69) is 4.99 Å². The van der Waals surface area contributed by atoms with Gasteiger partial charge in [-0.2, -0.15) is 4.99 Å². The number of phenols is 1. The van der Waals surface area contributed by atoms with E-state index in [4.69, 9.17) is 9.47 Å². The number of isocyanates is 1. The van der Waals surface area contributed by atoms with E-state index in [0.29, 0.717) is 30.3 Å². The van der Waals surface area contributed by atoms with Crippen LogP contribution in [-0.4, -0.2) is 24.4 Å². The highest BCUT2D eigenvalue weighted by molar-refractivity contribution is 5.59. The standard InChI is InChI=1S/C12H11NO4/c14-7-13-12(3-4-12)8-1-2-9-11(10(8)15)17-6-5-16-9/h1-2,15H,3-6H2. The molecule has 0 spiro atoms. The first kappa shape index (κ1) is 10.2. The quantitative estimate of drug-likeness (QED) is 0.620. The lowest BCUT2D eigenvalue weighted by Gasteiger charge is -2.21. The van der Waals surface area contributed by atoms with Crippen molar-refractivity contribution in [3.05, 3.63) is 17.7 Å².